The Labute approximate surface area is 178 Å². The third kappa shape index (κ3) is 4.18. The van der Waals surface area contributed by atoms with Gasteiger partial charge in [-0.15, -0.1) is 21.5 Å². The Bertz CT molecular complexity index is 1010. The molecular weight excluding hydrogens is 404 g/mol. The molecule has 0 spiro atoms. The van der Waals surface area contributed by atoms with Crippen LogP contribution in [0, 0.1) is 0 Å². The monoisotopic (exact) mass is 428 g/mol. The number of fused-ring (bicyclic) bond motifs is 1. The van der Waals surface area contributed by atoms with E-state index in [1.165, 1.54) is 47.0 Å². The molecule has 0 bridgehead atoms. The van der Waals surface area contributed by atoms with Crippen LogP contribution in [0.3, 0.4) is 0 Å². The number of amides is 1. The molecule has 152 valence electrons. The minimum Gasteiger partial charge on any atom is -0.495 e. The number of thiophene rings is 1. The lowest BCUT2D eigenvalue weighted by molar-refractivity contribution is -0.113. The SMILES string of the molecule is CCn1c(SCC(=O)Nc2ccccc2OC)nnc1-c1csc2c1CCCC2. The maximum atomic E-state index is 12.4. The largest absolute Gasteiger partial charge is 0.495 e. The Kier molecular flexibility index (Phi) is 6.20. The first-order valence-corrected chi connectivity index (χ1v) is 11.7. The predicted octanol–water partition coefficient (Wildman–Crippen LogP) is 4.64. The number of aromatic nitrogens is 3. The average molecular weight is 429 g/mol. The van der Waals surface area contributed by atoms with Gasteiger partial charge in [0.25, 0.3) is 0 Å². The number of nitrogens with one attached hydrogen (secondary N) is 1. The molecule has 8 heteroatoms. The second-order valence-electron chi connectivity index (χ2n) is 6.85. The van der Waals surface area contributed by atoms with Crippen molar-refractivity contribution >= 4 is 34.7 Å². The van der Waals surface area contributed by atoms with Crippen LogP contribution < -0.4 is 10.1 Å². The molecule has 4 rings (SSSR count). The van der Waals surface area contributed by atoms with Crippen molar-refractivity contribution in [3.05, 3.63) is 40.1 Å². The first-order chi connectivity index (χ1) is 14.2. The Balaban J connectivity index is 1.47. The van der Waals surface area contributed by atoms with Gasteiger partial charge in [-0.3, -0.25) is 4.79 Å². The molecule has 1 amide bonds. The van der Waals surface area contributed by atoms with Crippen molar-refractivity contribution in [3.8, 4) is 17.1 Å². The highest BCUT2D eigenvalue weighted by Crippen LogP contribution is 2.36. The number of hydrogen-bond acceptors (Lipinski definition) is 6. The van der Waals surface area contributed by atoms with E-state index in [-0.39, 0.29) is 11.7 Å². The first kappa shape index (κ1) is 20.0. The number of para-hydroxylation sites is 2. The molecule has 1 aromatic carbocycles. The Morgan fingerprint density at radius 1 is 1.28 bits per heavy atom. The van der Waals surface area contributed by atoms with Gasteiger partial charge in [0.15, 0.2) is 11.0 Å². The Hall–Kier alpha value is -2.32. The molecule has 0 unspecified atom stereocenters. The molecule has 6 nitrogen and oxygen atoms in total. The fourth-order valence-electron chi connectivity index (χ4n) is 3.63. The third-order valence-corrected chi connectivity index (χ3v) is 7.10. The van der Waals surface area contributed by atoms with Crippen LogP contribution in [-0.2, 0) is 24.2 Å². The molecule has 1 aliphatic carbocycles. The lowest BCUT2D eigenvalue weighted by Crippen LogP contribution is -2.15. The van der Waals surface area contributed by atoms with Crippen molar-refractivity contribution in [1.82, 2.24) is 14.8 Å². The highest BCUT2D eigenvalue weighted by molar-refractivity contribution is 7.99. The number of thioether (sulfide) groups is 1. The number of benzene rings is 1. The van der Waals surface area contributed by atoms with Gasteiger partial charge in [-0.25, -0.2) is 0 Å². The topological polar surface area (TPSA) is 69.0 Å². The van der Waals surface area contributed by atoms with E-state index in [0.717, 1.165) is 23.9 Å². The normalized spacial score (nSPS) is 13.2. The smallest absolute Gasteiger partial charge is 0.234 e. The number of carbonyl (C=O) groups is 1. The molecule has 0 aliphatic heterocycles. The zero-order valence-corrected chi connectivity index (χ0v) is 18.2. The molecular formula is C21H24N4O2S2. The van der Waals surface area contributed by atoms with E-state index in [4.69, 9.17) is 4.74 Å². The number of methoxy groups -OCH3 is 1. The van der Waals surface area contributed by atoms with E-state index in [1.807, 2.05) is 35.6 Å². The maximum absolute atomic E-state index is 12.4. The third-order valence-electron chi connectivity index (χ3n) is 5.05. The number of ether oxygens (including phenoxy) is 1. The molecule has 0 fully saturated rings. The van der Waals surface area contributed by atoms with Gasteiger partial charge in [-0.1, -0.05) is 23.9 Å². The zero-order valence-electron chi connectivity index (χ0n) is 16.6. The van der Waals surface area contributed by atoms with Gasteiger partial charge in [-0.2, -0.15) is 0 Å². The molecule has 0 radical (unpaired) electrons. The van der Waals surface area contributed by atoms with E-state index < -0.39 is 0 Å². The average Bonchev–Trinajstić information content (AvgIpc) is 3.36. The summed E-state index contributed by atoms with van der Waals surface area (Å²) in [5.74, 6) is 1.73. The van der Waals surface area contributed by atoms with Crippen molar-refractivity contribution < 1.29 is 9.53 Å². The van der Waals surface area contributed by atoms with Crippen LogP contribution >= 0.6 is 23.1 Å². The number of carbonyl (C=O) groups excluding carboxylic acids is 1. The van der Waals surface area contributed by atoms with Gasteiger partial charge in [0.1, 0.15) is 5.75 Å². The maximum Gasteiger partial charge on any atom is 0.234 e. The number of anilines is 1. The predicted molar refractivity (Wildman–Crippen MR) is 118 cm³/mol. The molecule has 2 aromatic heterocycles. The summed E-state index contributed by atoms with van der Waals surface area (Å²) in [7, 11) is 1.59. The molecule has 0 saturated heterocycles. The molecule has 0 saturated carbocycles. The molecule has 29 heavy (non-hydrogen) atoms. The summed E-state index contributed by atoms with van der Waals surface area (Å²) in [6.07, 6.45) is 4.80. The first-order valence-electron chi connectivity index (χ1n) is 9.79. The quantitative estimate of drug-likeness (QED) is 0.555. The van der Waals surface area contributed by atoms with E-state index in [2.05, 4.69) is 32.4 Å². The standard InChI is InChI=1S/C21H24N4O2S2/c1-3-25-20(15-12-28-18-11-7-4-8-14(15)18)23-24-21(25)29-13-19(26)22-16-9-5-6-10-17(16)27-2/h5-6,9-10,12H,3-4,7-8,11,13H2,1-2H3,(H,22,26). The van der Waals surface area contributed by atoms with Crippen molar-refractivity contribution in [1.29, 1.82) is 0 Å². The van der Waals surface area contributed by atoms with Crippen molar-refractivity contribution in [2.24, 2.45) is 0 Å². The van der Waals surface area contributed by atoms with Crippen molar-refractivity contribution in [2.45, 2.75) is 44.3 Å². The Morgan fingerprint density at radius 3 is 2.93 bits per heavy atom. The fourth-order valence-corrected chi connectivity index (χ4v) is 5.55. The second kappa shape index (κ2) is 9.00. The number of rotatable bonds is 7. The van der Waals surface area contributed by atoms with Crippen LogP contribution in [0.1, 0.15) is 30.2 Å². The molecule has 1 N–H and O–H groups in total. The summed E-state index contributed by atoms with van der Waals surface area (Å²) in [6.45, 7) is 2.86. The summed E-state index contributed by atoms with van der Waals surface area (Å²) in [4.78, 5) is 13.9. The van der Waals surface area contributed by atoms with Gasteiger partial charge in [0, 0.05) is 22.4 Å². The lowest BCUT2D eigenvalue weighted by atomic mass is 9.96. The summed E-state index contributed by atoms with van der Waals surface area (Å²) in [6, 6.07) is 7.39. The molecule has 1 aliphatic rings. The molecule has 2 heterocycles. The van der Waals surface area contributed by atoms with Crippen LogP contribution in [0.4, 0.5) is 5.69 Å². The number of aryl methyl sites for hydroxylation is 1. The van der Waals surface area contributed by atoms with Crippen LogP contribution in [0.2, 0.25) is 0 Å². The lowest BCUT2D eigenvalue weighted by Gasteiger charge is -2.13. The summed E-state index contributed by atoms with van der Waals surface area (Å²) in [5.41, 5.74) is 3.32. The van der Waals surface area contributed by atoms with Crippen LogP contribution in [0.5, 0.6) is 5.75 Å². The van der Waals surface area contributed by atoms with E-state index in [0.29, 0.717) is 11.4 Å². The van der Waals surface area contributed by atoms with Gasteiger partial charge >= 0.3 is 0 Å². The van der Waals surface area contributed by atoms with Crippen LogP contribution in [0.25, 0.3) is 11.4 Å². The van der Waals surface area contributed by atoms with Gasteiger partial charge in [0.2, 0.25) is 5.91 Å². The molecule has 3 aromatic rings. The van der Waals surface area contributed by atoms with Gasteiger partial charge in [0.05, 0.1) is 18.6 Å². The molecule has 0 atom stereocenters. The van der Waals surface area contributed by atoms with Crippen LogP contribution in [-0.4, -0.2) is 33.5 Å². The van der Waals surface area contributed by atoms with Crippen molar-refractivity contribution in [3.63, 3.8) is 0 Å². The summed E-state index contributed by atoms with van der Waals surface area (Å²) < 4.78 is 7.40. The van der Waals surface area contributed by atoms with Crippen LogP contribution in [0.15, 0.2) is 34.8 Å². The van der Waals surface area contributed by atoms with Gasteiger partial charge < -0.3 is 14.6 Å². The fraction of sp³-hybridized carbons (Fsp3) is 0.381. The highest BCUT2D eigenvalue weighted by Gasteiger charge is 2.22. The van der Waals surface area contributed by atoms with E-state index in [9.17, 15) is 4.79 Å². The Morgan fingerprint density at radius 2 is 2.10 bits per heavy atom. The minimum absolute atomic E-state index is 0.0976. The van der Waals surface area contributed by atoms with E-state index >= 15 is 0 Å². The van der Waals surface area contributed by atoms with Crippen molar-refractivity contribution in [2.75, 3.05) is 18.2 Å². The van der Waals surface area contributed by atoms with E-state index in [1.54, 1.807) is 7.11 Å². The number of nitrogens with zero attached hydrogens (tertiary/aromatic N) is 3. The second-order valence-corrected chi connectivity index (χ2v) is 8.75. The summed E-state index contributed by atoms with van der Waals surface area (Å²) in [5, 5.41) is 14.7. The highest BCUT2D eigenvalue weighted by atomic mass is 32.2. The number of hydrogen-bond donors (Lipinski definition) is 1. The van der Waals surface area contributed by atoms with Gasteiger partial charge in [-0.05, 0) is 50.3 Å². The zero-order chi connectivity index (χ0) is 20.2. The summed E-state index contributed by atoms with van der Waals surface area (Å²) >= 11 is 3.24. The minimum atomic E-state index is -0.0976.